The Morgan fingerprint density at radius 1 is 0.864 bits per heavy atom. The normalized spacial score (nSPS) is 10.9. The number of carboxylic acid groups (broad SMARTS) is 2. The SMILES string of the molecule is O=C(O)c1ccc(S(=O)(=O)Oc2ccccc2)cc1C(=O)O. The maximum atomic E-state index is 12.1. The highest BCUT2D eigenvalue weighted by Gasteiger charge is 2.23. The molecule has 0 saturated carbocycles. The fraction of sp³-hybridized carbons (Fsp3) is 0. The number of benzene rings is 2. The van der Waals surface area contributed by atoms with Gasteiger partial charge in [-0.15, -0.1) is 0 Å². The van der Waals surface area contributed by atoms with Crippen LogP contribution in [0.15, 0.2) is 53.4 Å². The summed E-state index contributed by atoms with van der Waals surface area (Å²) in [7, 11) is -4.27. The van der Waals surface area contributed by atoms with Crippen LogP contribution in [0, 0.1) is 0 Å². The zero-order valence-electron chi connectivity index (χ0n) is 11.0. The number of hydrogen-bond donors (Lipinski definition) is 2. The minimum Gasteiger partial charge on any atom is -0.478 e. The van der Waals surface area contributed by atoms with Crippen LogP contribution in [0.3, 0.4) is 0 Å². The van der Waals surface area contributed by atoms with Crippen molar-refractivity contribution in [2.24, 2.45) is 0 Å². The Labute approximate surface area is 125 Å². The third-order valence-corrected chi connectivity index (χ3v) is 3.93. The van der Waals surface area contributed by atoms with E-state index in [4.69, 9.17) is 14.4 Å². The maximum Gasteiger partial charge on any atom is 0.339 e. The van der Waals surface area contributed by atoms with Gasteiger partial charge in [0.15, 0.2) is 0 Å². The van der Waals surface area contributed by atoms with E-state index in [1.807, 2.05) is 0 Å². The molecule has 0 aliphatic heterocycles. The lowest BCUT2D eigenvalue weighted by atomic mass is 10.1. The predicted octanol–water partition coefficient (Wildman–Crippen LogP) is 1.85. The maximum absolute atomic E-state index is 12.1. The molecule has 0 saturated heterocycles. The summed E-state index contributed by atoms with van der Waals surface area (Å²) in [4.78, 5) is 21.6. The topological polar surface area (TPSA) is 118 Å². The Kier molecular flexibility index (Phi) is 4.13. The molecule has 7 nitrogen and oxygen atoms in total. The quantitative estimate of drug-likeness (QED) is 0.806. The highest BCUT2D eigenvalue weighted by atomic mass is 32.2. The van der Waals surface area contributed by atoms with Crippen LogP contribution in [0.1, 0.15) is 20.7 Å². The minimum absolute atomic E-state index is 0.0571. The summed E-state index contributed by atoms with van der Waals surface area (Å²) < 4.78 is 29.0. The van der Waals surface area contributed by atoms with Gasteiger partial charge in [-0.1, -0.05) is 18.2 Å². The number of carboxylic acids is 2. The second-order valence-corrected chi connectivity index (χ2v) is 5.71. The lowest BCUT2D eigenvalue weighted by molar-refractivity contribution is 0.0651. The molecule has 2 aromatic carbocycles. The molecule has 2 N–H and O–H groups in total. The molecule has 0 fully saturated rings. The molecule has 0 heterocycles. The van der Waals surface area contributed by atoms with Gasteiger partial charge in [0.25, 0.3) is 0 Å². The van der Waals surface area contributed by atoms with Gasteiger partial charge in [-0.25, -0.2) is 9.59 Å². The fourth-order valence-corrected chi connectivity index (χ4v) is 2.65. The number of hydrogen-bond acceptors (Lipinski definition) is 5. The van der Waals surface area contributed by atoms with Gasteiger partial charge in [-0.05, 0) is 30.3 Å². The summed E-state index contributed by atoms with van der Waals surface area (Å²) in [6, 6.07) is 10.3. The van der Waals surface area contributed by atoms with Crippen LogP contribution in [0.5, 0.6) is 5.75 Å². The van der Waals surface area contributed by atoms with Crippen molar-refractivity contribution in [3.05, 3.63) is 59.7 Å². The summed E-state index contributed by atoms with van der Waals surface area (Å²) in [6.07, 6.45) is 0. The molecule has 0 spiro atoms. The minimum atomic E-state index is -4.27. The molecule has 114 valence electrons. The molecule has 0 bridgehead atoms. The summed E-state index contributed by atoms with van der Waals surface area (Å²) >= 11 is 0. The van der Waals surface area contributed by atoms with E-state index in [0.717, 1.165) is 18.2 Å². The van der Waals surface area contributed by atoms with E-state index in [1.165, 1.54) is 12.1 Å². The van der Waals surface area contributed by atoms with Crippen molar-refractivity contribution in [1.82, 2.24) is 0 Å². The Morgan fingerprint density at radius 2 is 1.45 bits per heavy atom. The van der Waals surface area contributed by atoms with Gasteiger partial charge in [0.2, 0.25) is 0 Å². The van der Waals surface area contributed by atoms with Crippen LogP contribution in [0.2, 0.25) is 0 Å². The van der Waals surface area contributed by atoms with Gasteiger partial charge in [-0.2, -0.15) is 8.42 Å². The highest BCUT2D eigenvalue weighted by molar-refractivity contribution is 7.87. The van der Waals surface area contributed by atoms with E-state index < -0.39 is 38.1 Å². The first-order valence-corrected chi connectivity index (χ1v) is 7.32. The molecule has 2 rings (SSSR count). The van der Waals surface area contributed by atoms with Crippen LogP contribution >= 0.6 is 0 Å². The number of carbonyl (C=O) groups is 2. The first-order valence-electron chi connectivity index (χ1n) is 5.91. The number of aromatic carboxylic acids is 2. The second-order valence-electron chi connectivity index (χ2n) is 4.17. The van der Waals surface area contributed by atoms with Gasteiger partial charge in [0, 0.05) is 0 Å². The lowest BCUT2D eigenvalue weighted by Crippen LogP contribution is -2.13. The van der Waals surface area contributed by atoms with Gasteiger partial charge in [0.1, 0.15) is 10.6 Å². The van der Waals surface area contributed by atoms with E-state index in [1.54, 1.807) is 18.2 Å². The first kappa shape index (κ1) is 15.5. The molecule has 8 heteroatoms. The van der Waals surface area contributed by atoms with Gasteiger partial charge in [-0.3, -0.25) is 0 Å². The highest BCUT2D eigenvalue weighted by Crippen LogP contribution is 2.21. The molecule has 0 radical (unpaired) electrons. The Balaban J connectivity index is 2.46. The van der Waals surface area contributed by atoms with Crippen LogP contribution in [-0.2, 0) is 10.1 Å². The Hall–Kier alpha value is -2.87. The molecule has 2 aromatic rings. The molecule has 0 unspecified atom stereocenters. The van der Waals surface area contributed by atoms with E-state index in [9.17, 15) is 18.0 Å². The van der Waals surface area contributed by atoms with Gasteiger partial charge < -0.3 is 14.4 Å². The summed E-state index contributed by atoms with van der Waals surface area (Å²) in [5.41, 5.74) is -1.14. The molecule has 0 atom stereocenters. The molecule has 0 amide bonds. The van der Waals surface area contributed by atoms with E-state index in [-0.39, 0.29) is 5.75 Å². The zero-order valence-corrected chi connectivity index (χ0v) is 11.8. The standard InChI is InChI=1S/C14H10O7S/c15-13(16)11-7-6-10(8-12(11)14(17)18)22(19,20)21-9-4-2-1-3-5-9/h1-8H,(H,15,16)(H,17,18). The largest absolute Gasteiger partial charge is 0.478 e. The summed E-state index contributed by atoms with van der Waals surface area (Å²) in [5, 5.41) is 17.9. The smallest absolute Gasteiger partial charge is 0.339 e. The Morgan fingerprint density at radius 3 is 2.00 bits per heavy atom. The van der Waals surface area contributed by atoms with Crippen molar-refractivity contribution in [2.45, 2.75) is 4.90 Å². The monoisotopic (exact) mass is 322 g/mol. The van der Waals surface area contributed by atoms with E-state index in [0.29, 0.717) is 0 Å². The average Bonchev–Trinajstić information content (AvgIpc) is 2.47. The number of para-hydroxylation sites is 1. The molecular weight excluding hydrogens is 312 g/mol. The van der Waals surface area contributed by atoms with Crippen LogP contribution in [-0.4, -0.2) is 30.6 Å². The van der Waals surface area contributed by atoms with Crippen LogP contribution < -0.4 is 4.18 Å². The van der Waals surface area contributed by atoms with Crippen molar-refractivity contribution in [2.75, 3.05) is 0 Å². The van der Waals surface area contributed by atoms with Crippen LogP contribution in [0.25, 0.3) is 0 Å². The van der Waals surface area contributed by atoms with Crippen molar-refractivity contribution < 1.29 is 32.4 Å². The number of rotatable bonds is 5. The Bertz CT molecular complexity index is 826. The third kappa shape index (κ3) is 3.23. The lowest BCUT2D eigenvalue weighted by Gasteiger charge is -2.08. The average molecular weight is 322 g/mol. The zero-order chi connectivity index (χ0) is 16.3. The first-order chi connectivity index (χ1) is 10.3. The van der Waals surface area contributed by atoms with Crippen LogP contribution in [0.4, 0.5) is 0 Å². The molecule has 22 heavy (non-hydrogen) atoms. The predicted molar refractivity (Wildman–Crippen MR) is 74.6 cm³/mol. The molecular formula is C14H10O7S. The van der Waals surface area contributed by atoms with Crippen molar-refractivity contribution in [3.8, 4) is 5.75 Å². The van der Waals surface area contributed by atoms with Crippen molar-refractivity contribution in [3.63, 3.8) is 0 Å². The van der Waals surface area contributed by atoms with Gasteiger partial charge in [0.05, 0.1) is 11.1 Å². The molecule has 0 aliphatic rings. The van der Waals surface area contributed by atoms with E-state index in [2.05, 4.69) is 0 Å². The van der Waals surface area contributed by atoms with Crippen molar-refractivity contribution >= 4 is 22.1 Å². The fourth-order valence-electron chi connectivity index (χ4n) is 1.69. The van der Waals surface area contributed by atoms with E-state index >= 15 is 0 Å². The van der Waals surface area contributed by atoms with Crippen molar-refractivity contribution in [1.29, 1.82) is 0 Å². The third-order valence-electron chi connectivity index (χ3n) is 2.69. The molecule has 0 aromatic heterocycles. The van der Waals surface area contributed by atoms with Gasteiger partial charge >= 0.3 is 22.1 Å². The second kappa shape index (κ2) is 5.86. The summed E-state index contributed by atoms with van der Waals surface area (Å²) in [5.74, 6) is -2.96. The molecule has 0 aliphatic carbocycles. The summed E-state index contributed by atoms with van der Waals surface area (Å²) in [6.45, 7) is 0.